The van der Waals surface area contributed by atoms with Gasteiger partial charge in [0.15, 0.2) is 0 Å². The van der Waals surface area contributed by atoms with Crippen LogP contribution in [-0.2, 0) is 5.41 Å². The van der Waals surface area contributed by atoms with Crippen molar-refractivity contribution in [3.63, 3.8) is 0 Å². The summed E-state index contributed by atoms with van der Waals surface area (Å²) in [5.74, 6) is 0. The Bertz CT molecular complexity index is 3450. The van der Waals surface area contributed by atoms with Crippen molar-refractivity contribution in [1.29, 1.82) is 0 Å². The number of rotatable bonds is 8. The van der Waals surface area contributed by atoms with Crippen molar-refractivity contribution < 1.29 is 0 Å². The Hall–Kier alpha value is -8.26. The first-order valence-electron chi connectivity index (χ1n) is 22.2. The van der Waals surface area contributed by atoms with Gasteiger partial charge < -0.3 is 4.90 Å². The first kappa shape index (κ1) is 37.5. The summed E-state index contributed by atoms with van der Waals surface area (Å²) in [5, 5.41) is 4.99. The van der Waals surface area contributed by atoms with E-state index in [0.717, 1.165) is 22.6 Å². The average Bonchev–Trinajstić information content (AvgIpc) is 3.69. The van der Waals surface area contributed by atoms with Gasteiger partial charge in [-0.05, 0) is 125 Å². The van der Waals surface area contributed by atoms with Crippen molar-refractivity contribution >= 4 is 38.6 Å². The van der Waals surface area contributed by atoms with Crippen LogP contribution in [0.5, 0.6) is 0 Å². The van der Waals surface area contributed by atoms with Crippen LogP contribution in [0.15, 0.2) is 261 Å². The molecule has 0 atom stereocenters. The molecule has 11 aromatic rings. The lowest BCUT2D eigenvalue weighted by Crippen LogP contribution is -2.28. The molecule has 1 aliphatic carbocycles. The molecule has 0 saturated carbocycles. The van der Waals surface area contributed by atoms with E-state index in [1.807, 2.05) is 0 Å². The number of nitrogens with zero attached hydrogens (tertiary/aromatic N) is 1. The predicted octanol–water partition coefficient (Wildman–Crippen LogP) is 16.8. The summed E-state index contributed by atoms with van der Waals surface area (Å²) in [6.45, 7) is 0. The van der Waals surface area contributed by atoms with E-state index in [0.29, 0.717) is 0 Å². The first-order chi connectivity index (χ1) is 31.7. The zero-order valence-electron chi connectivity index (χ0n) is 35.3. The fourth-order valence-corrected chi connectivity index (χ4v) is 10.4. The number of benzene rings is 11. The third-order valence-electron chi connectivity index (χ3n) is 13.3. The van der Waals surface area contributed by atoms with Crippen LogP contribution in [0.2, 0.25) is 0 Å². The van der Waals surface area contributed by atoms with E-state index in [9.17, 15) is 0 Å². The zero-order chi connectivity index (χ0) is 42.5. The molecule has 11 aromatic carbocycles. The molecular weight excluding hydrogens is 771 g/mol. The molecule has 0 saturated heterocycles. The van der Waals surface area contributed by atoms with E-state index in [2.05, 4.69) is 266 Å². The topological polar surface area (TPSA) is 3.24 Å². The summed E-state index contributed by atoms with van der Waals surface area (Å²) in [4.78, 5) is 2.48. The molecule has 0 radical (unpaired) electrons. The third-order valence-corrected chi connectivity index (χ3v) is 13.3. The van der Waals surface area contributed by atoms with Crippen molar-refractivity contribution in [2.24, 2.45) is 0 Å². The molecule has 0 heterocycles. The molecule has 1 heteroatoms. The van der Waals surface area contributed by atoms with E-state index < -0.39 is 5.41 Å². The summed E-state index contributed by atoms with van der Waals surface area (Å²) >= 11 is 0. The average molecular weight is 814 g/mol. The van der Waals surface area contributed by atoms with Crippen molar-refractivity contribution in [3.05, 3.63) is 283 Å². The quantitative estimate of drug-likeness (QED) is 0.148. The van der Waals surface area contributed by atoms with Crippen molar-refractivity contribution in [2.45, 2.75) is 5.41 Å². The molecular formula is C63H43N. The Kier molecular flexibility index (Phi) is 9.13. The molecule has 0 spiro atoms. The molecule has 0 bridgehead atoms. The van der Waals surface area contributed by atoms with Gasteiger partial charge in [0.25, 0.3) is 0 Å². The molecule has 12 rings (SSSR count). The van der Waals surface area contributed by atoms with E-state index in [1.54, 1.807) is 0 Å². The number of fused-ring (bicyclic) bond motifs is 5. The predicted molar refractivity (Wildman–Crippen MR) is 270 cm³/mol. The van der Waals surface area contributed by atoms with Crippen molar-refractivity contribution in [1.82, 2.24) is 0 Å². The van der Waals surface area contributed by atoms with Crippen LogP contribution in [0.4, 0.5) is 17.1 Å². The molecule has 0 aliphatic heterocycles. The van der Waals surface area contributed by atoms with Crippen LogP contribution in [0, 0.1) is 0 Å². The van der Waals surface area contributed by atoms with E-state index >= 15 is 0 Å². The fraction of sp³-hybridized carbons (Fsp3) is 0.0159. The minimum Gasteiger partial charge on any atom is -0.310 e. The highest BCUT2D eigenvalue weighted by atomic mass is 15.1. The van der Waals surface area contributed by atoms with Gasteiger partial charge >= 0.3 is 0 Å². The van der Waals surface area contributed by atoms with E-state index in [-0.39, 0.29) is 0 Å². The highest BCUT2D eigenvalue weighted by Gasteiger charge is 2.47. The Morgan fingerprint density at radius 2 is 0.812 bits per heavy atom. The van der Waals surface area contributed by atoms with Crippen LogP contribution in [0.1, 0.15) is 22.3 Å². The maximum Gasteiger partial charge on any atom is 0.0714 e. The van der Waals surface area contributed by atoms with Gasteiger partial charge in [-0.25, -0.2) is 0 Å². The highest BCUT2D eigenvalue weighted by Crippen LogP contribution is 2.59. The fourth-order valence-electron chi connectivity index (χ4n) is 10.4. The zero-order valence-corrected chi connectivity index (χ0v) is 35.3. The molecule has 0 aromatic heterocycles. The summed E-state index contributed by atoms with van der Waals surface area (Å²) in [7, 11) is 0. The maximum atomic E-state index is 2.48. The molecule has 0 fully saturated rings. The van der Waals surface area contributed by atoms with E-state index in [4.69, 9.17) is 0 Å². The molecule has 1 aliphatic rings. The minimum absolute atomic E-state index is 0.514. The second kappa shape index (κ2) is 15.6. The Morgan fingerprint density at radius 1 is 0.281 bits per heavy atom. The van der Waals surface area contributed by atoms with Gasteiger partial charge in [0.1, 0.15) is 0 Å². The number of hydrogen-bond donors (Lipinski definition) is 0. The standard InChI is InChI=1S/C63H43N/c1-3-24-52(25-4-1)63(53-26-5-2-6-27-53)59-32-12-11-30-58(59)62-60(63)33-16-34-61(62)64(54-39-37-46(38-40-54)57-31-15-20-45-18-9-10-29-56(45)57)55-28-14-23-50(43-55)48-21-13-22-49(42-48)51-36-35-44-17-7-8-19-47(44)41-51/h1-43H. The summed E-state index contributed by atoms with van der Waals surface area (Å²) in [6.07, 6.45) is 0. The third kappa shape index (κ3) is 6.16. The van der Waals surface area contributed by atoms with Crippen molar-refractivity contribution in [2.75, 3.05) is 4.90 Å². The lowest BCUT2D eigenvalue weighted by atomic mass is 9.68. The highest BCUT2D eigenvalue weighted by molar-refractivity contribution is 6.00. The van der Waals surface area contributed by atoms with Crippen LogP contribution < -0.4 is 4.90 Å². The van der Waals surface area contributed by atoms with Crippen LogP contribution in [-0.4, -0.2) is 0 Å². The summed E-state index contributed by atoms with van der Waals surface area (Å²) in [5.41, 5.74) is 17.5. The van der Waals surface area contributed by atoms with Gasteiger partial charge in [0, 0.05) is 16.9 Å². The Labute approximate surface area is 374 Å². The Balaban J connectivity index is 1.06. The van der Waals surface area contributed by atoms with Gasteiger partial charge in [-0.1, -0.05) is 218 Å². The molecule has 0 N–H and O–H groups in total. The summed E-state index contributed by atoms with van der Waals surface area (Å²) in [6, 6.07) is 95.9. The Morgan fingerprint density at radius 3 is 1.58 bits per heavy atom. The van der Waals surface area contributed by atoms with Gasteiger partial charge in [-0.2, -0.15) is 0 Å². The largest absolute Gasteiger partial charge is 0.310 e. The second-order valence-electron chi connectivity index (χ2n) is 16.8. The number of hydrogen-bond acceptors (Lipinski definition) is 1. The van der Waals surface area contributed by atoms with E-state index in [1.165, 1.54) is 82.7 Å². The number of anilines is 3. The van der Waals surface area contributed by atoms with Crippen LogP contribution >= 0.6 is 0 Å². The van der Waals surface area contributed by atoms with Gasteiger partial charge in [-0.15, -0.1) is 0 Å². The van der Waals surface area contributed by atoms with Crippen LogP contribution in [0.3, 0.4) is 0 Å². The lowest BCUT2D eigenvalue weighted by molar-refractivity contribution is 0.768. The minimum atomic E-state index is -0.514. The molecule has 300 valence electrons. The molecule has 0 unspecified atom stereocenters. The first-order valence-corrected chi connectivity index (χ1v) is 22.2. The van der Waals surface area contributed by atoms with Gasteiger partial charge in [0.2, 0.25) is 0 Å². The lowest BCUT2D eigenvalue weighted by Gasteiger charge is -2.34. The van der Waals surface area contributed by atoms with Crippen LogP contribution in [0.25, 0.3) is 66.1 Å². The van der Waals surface area contributed by atoms with Gasteiger partial charge in [0.05, 0.1) is 11.1 Å². The molecule has 1 nitrogen and oxygen atoms in total. The van der Waals surface area contributed by atoms with Gasteiger partial charge in [-0.3, -0.25) is 0 Å². The summed E-state index contributed by atoms with van der Waals surface area (Å²) < 4.78 is 0. The monoisotopic (exact) mass is 813 g/mol. The normalized spacial score (nSPS) is 12.5. The molecule has 0 amide bonds. The smallest absolute Gasteiger partial charge is 0.0714 e. The van der Waals surface area contributed by atoms with Crippen molar-refractivity contribution in [3.8, 4) is 44.5 Å². The SMILES string of the molecule is c1ccc(C2(c3ccccc3)c3ccccc3-c3c(N(c4ccc(-c5cccc6ccccc56)cc4)c4cccc(-c5cccc(-c6ccc7ccccc7c6)c5)c4)cccc32)cc1. The maximum absolute atomic E-state index is 2.48. The second-order valence-corrected chi connectivity index (χ2v) is 16.8. The molecule has 64 heavy (non-hydrogen) atoms.